The smallest absolute Gasteiger partial charge is 0.306 e. The van der Waals surface area contributed by atoms with Gasteiger partial charge in [0.25, 0.3) is 0 Å². The molecule has 0 saturated carbocycles. The number of carbonyl (C=O) groups is 1. The molecule has 1 atom stereocenters. The van der Waals surface area contributed by atoms with Crippen LogP contribution in [0.25, 0.3) is 11.0 Å². The quantitative estimate of drug-likeness (QED) is 0.861. The number of aliphatic carboxylic acids is 1. The van der Waals surface area contributed by atoms with E-state index in [0.29, 0.717) is 6.42 Å². The first-order valence-electron chi connectivity index (χ1n) is 5.28. The molecule has 0 aliphatic carbocycles. The Bertz CT molecular complexity index is 525. The zero-order chi connectivity index (χ0) is 11.7. The highest BCUT2D eigenvalue weighted by Crippen LogP contribution is 2.26. The van der Waals surface area contributed by atoms with E-state index in [0.717, 1.165) is 22.1 Å². The number of hydrogen-bond donors (Lipinski definition) is 1. The van der Waals surface area contributed by atoms with Crippen LogP contribution in [-0.2, 0) is 11.2 Å². The molecular formula is C13H14O3. The summed E-state index contributed by atoms with van der Waals surface area (Å²) in [7, 11) is 0. The summed E-state index contributed by atoms with van der Waals surface area (Å²) in [6.07, 6.45) is 2.17. The second kappa shape index (κ2) is 4.00. The standard InChI is InChI=1S/C13H14O3/c1-8-4-3-5-11-12(8)10(7-16-11)6-9(2)13(14)15/h3-5,7,9H,6H2,1-2H3,(H,14,15). The normalized spacial score (nSPS) is 12.9. The number of rotatable bonds is 3. The molecule has 0 radical (unpaired) electrons. The van der Waals surface area contributed by atoms with E-state index in [-0.39, 0.29) is 5.92 Å². The van der Waals surface area contributed by atoms with Crippen LogP contribution in [0, 0.1) is 12.8 Å². The fraction of sp³-hybridized carbons (Fsp3) is 0.308. The summed E-state index contributed by atoms with van der Waals surface area (Å²) in [6.45, 7) is 3.71. The van der Waals surface area contributed by atoms with Gasteiger partial charge in [-0.05, 0) is 30.5 Å². The van der Waals surface area contributed by atoms with Crippen molar-refractivity contribution in [3.05, 3.63) is 35.6 Å². The maximum absolute atomic E-state index is 10.8. The van der Waals surface area contributed by atoms with Crippen molar-refractivity contribution in [2.45, 2.75) is 20.3 Å². The minimum Gasteiger partial charge on any atom is -0.481 e. The first-order chi connectivity index (χ1) is 7.59. The Hall–Kier alpha value is -1.77. The summed E-state index contributed by atoms with van der Waals surface area (Å²) < 4.78 is 5.42. The first-order valence-corrected chi connectivity index (χ1v) is 5.28. The third-order valence-electron chi connectivity index (χ3n) is 2.83. The molecule has 1 unspecified atom stereocenters. The van der Waals surface area contributed by atoms with Crippen molar-refractivity contribution in [1.29, 1.82) is 0 Å². The molecule has 0 spiro atoms. The van der Waals surface area contributed by atoms with Crippen LogP contribution in [0.4, 0.5) is 0 Å². The Morgan fingerprint density at radius 3 is 2.94 bits per heavy atom. The Balaban J connectivity index is 2.42. The Morgan fingerprint density at radius 2 is 2.25 bits per heavy atom. The minimum atomic E-state index is -0.775. The van der Waals surface area contributed by atoms with Crippen molar-refractivity contribution in [1.82, 2.24) is 0 Å². The highest BCUT2D eigenvalue weighted by atomic mass is 16.4. The topological polar surface area (TPSA) is 50.4 Å². The van der Waals surface area contributed by atoms with Gasteiger partial charge in [-0.25, -0.2) is 0 Å². The number of fused-ring (bicyclic) bond motifs is 1. The van der Waals surface area contributed by atoms with Gasteiger partial charge < -0.3 is 9.52 Å². The number of benzene rings is 1. The molecule has 2 aromatic rings. The second-order valence-corrected chi connectivity index (χ2v) is 4.15. The molecule has 0 amide bonds. The zero-order valence-electron chi connectivity index (χ0n) is 9.36. The predicted molar refractivity (Wildman–Crippen MR) is 61.5 cm³/mol. The summed E-state index contributed by atoms with van der Waals surface area (Å²) in [6, 6.07) is 5.84. The van der Waals surface area contributed by atoms with Gasteiger partial charge in [0, 0.05) is 5.39 Å². The summed E-state index contributed by atoms with van der Waals surface area (Å²) >= 11 is 0. The van der Waals surface area contributed by atoms with Gasteiger partial charge in [0.05, 0.1) is 12.2 Å². The average Bonchev–Trinajstić information content (AvgIpc) is 2.63. The lowest BCUT2D eigenvalue weighted by molar-refractivity contribution is -0.141. The van der Waals surface area contributed by atoms with Gasteiger partial charge in [-0.1, -0.05) is 19.1 Å². The zero-order valence-corrected chi connectivity index (χ0v) is 9.36. The lowest BCUT2D eigenvalue weighted by atomic mass is 9.99. The van der Waals surface area contributed by atoms with Crippen molar-refractivity contribution >= 4 is 16.9 Å². The third kappa shape index (κ3) is 1.81. The molecule has 0 bridgehead atoms. The van der Waals surface area contributed by atoms with Crippen LogP contribution in [-0.4, -0.2) is 11.1 Å². The number of carboxylic acids is 1. The van der Waals surface area contributed by atoms with E-state index < -0.39 is 5.97 Å². The fourth-order valence-corrected chi connectivity index (χ4v) is 1.91. The molecule has 2 rings (SSSR count). The molecule has 0 saturated heterocycles. The Morgan fingerprint density at radius 1 is 1.50 bits per heavy atom. The molecule has 1 aromatic heterocycles. The molecule has 1 N–H and O–H groups in total. The van der Waals surface area contributed by atoms with E-state index in [1.54, 1.807) is 13.2 Å². The van der Waals surface area contributed by atoms with Crippen LogP contribution in [0.3, 0.4) is 0 Å². The lowest BCUT2D eigenvalue weighted by Crippen LogP contribution is -2.11. The molecule has 0 aliphatic rings. The number of furan rings is 1. The summed E-state index contributed by atoms with van der Waals surface area (Å²) in [5, 5.41) is 9.94. The average molecular weight is 218 g/mol. The Kier molecular flexibility index (Phi) is 2.69. The van der Waals surface area contributed by atoms with Crippen LogP contribution < -0.4 is 0 Å². The van der Waals surface area contributed by atoms with Gasteiger partial charge in [0.1, 0.15) is 5.58 Å². The van der Waals surface area contributed by atoms with Crippen LogP contribution in [0.2, 0.25) is 0 Å². The van der Waals surface area contributed by atoms with Gasteiger partial charge in [-0.15, -0.1) is 0 Å². The fourth-order valence-electron chi connectivity index (χ4n) is 1.91. The maximum Gasteiger partial charge on any atom is 0.306 e. The van der Waals surface area contributed by atoms with Gasteiger partial charge >= 0.3 is 5.97 Å². The van der Waals surface area contributed by atoms with Gasteiger partial charge in [-0.2, -0.15) is 0 Å². The lowest BCUT2D eigenvalue weighted by Gasteiger charge is -2.04. The van der Waals surface area contributed by atoms with Gasteiger partial charge in [0.15, 0.2) is 0 Å². The molecule has 0 fully saturated rings. The van der Waals surface area contributed by atoms with E-state index in [4.69, 9.17) is 9.52 Å². The highest BCUT2D eigenvalue weighted by molar-refractivity contribution is 5.85. The van der Waals surface area contributed by atoms with E-state index in [1.807, 2.05) is 25.1 Å². The van der Waals surface area contributed by atoms with Crippen LogP contribution in [0.1, 0.15) is 18.1 Å². The van der Waals surface area contributed by atoms with Crippen molar-refractivity contribution in [3.8, 4) is 0 Å². The van der Waals surface area contributed by atoms with Crippen molar-refractivity contribution < 1.29 is 14.3 Å². The first kappa shape index (κ1) is 10.7. The van der Waals surface area contributed by atoms with Crippen molar-refractivity contribution in [2.24, 2.45) is 5.92 Å². The summed E-state index contributed by atoms with van der Waals surface area (Å²) in [5.41, 5.74) is 2.93. The van der Waals surface area contributed by atoms with E-state index in [9.17, 15) is 4.79 Å². The van der Waals surface area contributed by atoms with Crippen LogP contribution in [0.5, 0.6) is 0 Å². The highest BCUT2D eigenvalue weighted by Gasteiger charge is 2.16. The number of hydrogen-bond acceptors (Lipinski definition) is 2. The Labute approximate surface area is 93.7 Å². The van der Waals surface area contributed by atoms with Crippen LogP contribution in [0.15, 0.2) is 28.9 Å². The molecule has 84 valence electrons. The van der Waals surface area contributed by atoms with Gasteiger partial charge in [-0.3, -0.25) is 4.79 Å². The molecule has 1 aromatic carbocycles. The SMILES string of the molecule is Cc1cccc2occ(CC(C)C(=O)O)c12. The molecule has 0 aliphatic heterocycles. The second-order valence-electron chi connectivity index (χ2n) is 4.15. The van der Waals surface area contributed by atoms with Gasteiger partial charge in [0.2, 0.25) is 0 Å². The van der Waals surface area contributed by atoms with E-state index >= 15 is 0 Å². The maximum atomic E-state index is 10.8. The summed E-state index contributed by atoms with van der Waals surface area (Å²) in [4.78, 5) is 10.8. The van der Waals surface area contributed by atoms with Crippen LogP contribution >= 0.6 is 0 Å². The number of aryl methyl sites for hydroxylation is 1. The minimum absolute atomic E-state index is 0.389. The third-order valence-corrected chi connectivity index (χ3v) is 2.83. The van der Waals surface area contributed by atoms with Crippen molar-refractivity contribution in [3.63, 3.8) is 0 Å². The van der Waals surface area contributed by atoms with E-state index in [1.165, 1.54) is 0 Å². The largest absolute Gasteiger partial charge is 0.481 e. The molecule has 16 heavy (non-hydrogen) atoms. The number of carboxylic acid groups (broad SMARTS) is 1. The summed E-state index contributed by atoms with van der Waals surface area (Å²) in [5.74, 6) is -1.16. The predicted octanol–water partition coefficient (Wildman–Crippen LogP) is 3.00. The van der Waals surface area contributed by atoms with Crippen molar-refractivity contribution in [2.75, 3.05) is 0 Å². The monoisotopic (exact) mass is 218 g/mol. The van der Waals surface area contributed by atoms with E-state index in [2.05, 4.69) is 0 Å². The molecular weight excluding hydrogens is 204 g/mol. The molecule has 3 nitrogen and oxygen atoms in total. The molecule has 3 heteroatoms. The molecule has 1 heterocycles.